The number of ether oxygens (including phenoxy) is 2. The molecule has 2 amide bonds. The molecule has 0 atom stereocenters. The van der Waals surface area contributed by atoms with E-state index in [2.05, 4.69) is 22.8 Å². The lowest BCUT2D eigenvalue weighted by atomic mass is 10.2. The molecule has 0 unspecified atom stereocenters. The van der Waals surface area contributed by atoms with Crippen LogP contribution in [0.15, 0.2) is 53.4 Å². The number of amides is 2. The van der Waals surface area contributed by atoms with Gasteiger partial charge in [0.15, 0.2) is 11.5 Å². The molecule has 1 heterocycles. The van der Waals surface area contributed by atoms with Crippen molar-refractivity contribution in [3.8, 4) is 11.5 Å². The maximum absolute atomic E-state index is 11.9. The first kappa shape index (κ1) is 15.6. The van der Waals surface area contributed by atoms with Crippen LogP contribution in [0.2, 0.25) is 0 Å². The first-order valence-electron chi connectivity index (χ1n) is 7.43. The van der Waals surface area contributed by atoms with Gasteiger partial charge in [0.2, 0.25) is 0 Å². The number of benzene rings is 2. The molecule has 0 aromatic heterocycles. The zero-order valence-corrected chi connectivity index (χ0v) is 13.4. The highest BCUT2D eigenvalue weighted by atomic mass is 32.2. The number of thioether (sulfide) groups is 1. The van der Waals surface area contributed by atoms with Crippen molar-refractivity contribution in [1.82, 2.24) is 5.32 Å². The van der Waals surface area contributed by atoms with Gasteiger partial charge in [-0.25, -0.2) is 4.79 Å². The van der Waals surface area contributed by atoms with Crippen LogP contribution >= 0.6 is 11.8 Å². The number of fused-ring (bicyclic) bond motifs is 1. The van der Waals surface area contributed by atoms with E-state index in [1.165, 1.54) is 4.90 Å². The van der Waals surface area contributed by atoms with Gasteiger partial charge in [-0.2, -0.15) is 0 Å². The van der Waals surface area contributed by atoms with Gasteiger partial charge in [0.1, 0.15) is 13.2 Å². The smallest absolute Gasteiger partial charge is 0.319 e. The number of urea groups is 1. The van der Waals surface area contributed by atoms with Gasteiger partial charge in [0.05, 0.1) is 0 Å². The summed E-state index contributed by atoms with van der Waals surface area (Å²) in [6, 6.07) is 15.3. The monoisotopic (exact) mass is 330 g/mol. The molecular weight excluding hydrogens is 312 g/mol. The average Bonchev–Trinajstić information content (AvgIpc) is 2.59. The Morgan fingerprint density at radius 1 is 1.04 bits per heavy atom. The van der Waals surface area contributed by atoms with E-state index in [0.717, 1.165) is 5.75 Å². The molecule has 0 fully saturated rings. The molecule has 2 aromatic rings. The van der Waals surface area contributed by atoms with Crippen molar-refractivity contribution in [2.24, 2.45) is 0 Å². The van der Waals surface area contributed by atoms with E-state index in [-0.39, 0.29) is 6.03 Å². The Bertz CT molecular complexity index is 664. The summed E-state index contributed by atoms with van der Waals surface area (Å²) < 4.78 is 10.9. The van der Waals surface area contributed by atoms with Crippen LogP contribution in [-0.4, -0.2) is 31.5 Å². The van der Waals surface area contributed by atoms with Crippen LogP contribution in [0.5, 0.6) is 11.5 Å². The van der Waals surface area contributed by atoms with E-state index in [1.807, 2.05) is 18.2 Å². The predicted molar refractivity (Wildman–Crippen MR) is 91.6 cm³/mol. The van der Waals surface area contributed by atoms with Crippen LogP contribution in [0.1, 0.15) is 0 Å². The SMILES string of the molecule is O=C(NCCSc1ccccc1)Nc1ccc2c(c1)OCCO2. The van der Waals surface area contributed by atoms with Gasteiger partial charge in [-0.3, -0.25) is 0 Å². The lowest BCUT2D eigenvalue weighted by molar-refractivity contribution is 0.171. The molecule has 0 radical (unpaired) electrons. The van der Waals surface area contributed by atoms with E-state index in [1.54, 1.807) is 30.0 Å². The average molecular weight is 330 g/mol. The number of nitrogens with one attached hydrogen (secondary N) is 2. The van der Waals surface area contributed by atoms with Crippen LogP contribution < -0.4 is 20.1 Å². The van der Waals surface area contributed by atoms with Crippen LogP contribution in [0.25, 0.3) is 0 Å². The highest BCUT2D eigenvalue weighted by Crippen LogP contribution is 2.32. The van der Waals surface area contributed by atoms with E-state index < -0.39 is 0 Å². The van der Waals surface area contributed by atoms with Crippen molar-refractivity contribution < 1.29 is 14.3 Å². The van der Waals surface area contributed by atoms with Gasteiger partial charge in [0, 0.05) is 28.9 Å². The molecular formula is C17H18N2O3S. The second-order valence-corrected chi connectivity index (χ2v) is 6.07. The van der Waals surface area contributed by atoms with Crippen molar-refractivity contribution >= 4 is 23.5 Å². The van der Waals surface area contributed by atoms with E-state index in [9.17, 15) is 4.79 Å². The van der Waals surface area contributed by atoms with Crippen LogP contribution in [-0.2, 0) is 0 Å². The van der Waals surface area contributed by atoms with Crippen molar-refractivity contribution in [2.75, 3.05) is 30.8 Å². The molecule has 6 heteroatoms. The highest BCUT2D eigenvalue weighted by Gasteiger charge is 2.12. The van der Waals surface area contributed by atoms with E-state index in [4.69, 9.17) is 9.47 Å². The van der Waals surface area contributed by atoms with Crippen molar-refractivity contribution in [3.05, 3.63) is 48.5 Å². The fourth-order valence-electron chi connectivity index (χ4n) is 2.15. The first-order chi connectivity index (χ1) is 11.3. The summed E-state index contributed by atoms with van der Waals surface area (Å²) in [4.78, 5) is 13.1. The Hall–Kier alpha value is -2.34. The van der Waals surface area contributed by atoms with Crippen LogP contribution in [0, 0.1) is 0 Å². The Balaban J connectivity index is 1.42. The number of anilines is 1. The number of carbonyl (C=O) groups excluding carboxylic acids is 1. The molecule has 0 aliphatic carbocycles. The minimum Gasteiger partial charge on any atom is -0.486 e. The molecule has 1 aliphatic rings. The second kappa shape index (κ2) is 7.78. The quantitative estimate of drug-likeness (QED) is 0.652. The highest BCUT2D eigenvalue weighted by molar-refractivity contribution is 7.99. The summed E-state index contributed by atoms with van der Waals surface area (Å²) >= 11 is 1.71. The third-order valence-corrected chi connectivity index (χ3v) is 4.21. The minimum atomic E-state index is -0.227. The fraction of sp³-hybridized carbons (Fsp3) is 0.235. The largest absolute Gasteiger partial charge is 0.486 e. The van der Waals surface area contributed by atoms with Gasteiger partial charge in [-0.05, 0) is 24.3 Å². The molecule has 5 nitrogen and oxygen atoms in total. The Morgan fingerprint density at radius 3 is 2.65 bits per heavy atom. The molecule has 0 saturated carbocycles. The first-order valence-corrected chi connectivity index (χ1v) is 8.42. The zero-order valence-electron chi connectivity index (χ0n) is 12.6. The predicted octanol–water partition coefficient (Wildman–Crippen LogP) is 3.37. The summed E-state index contributed by atoms with van der Waals surface area (Å²) in [5.74, 6) is 2.19. The standard InChI is InChI=1S/C17H18N2O3S/c20-17(18-8-11-23-14-4-2-1-3-5-14)19-13-6-7-15-16(12-13)22-10-9-21-15/h1-7,12H,8-11H2,(H2,18,19,20). The van der Waals surface area contributed by atoms with Gasteiger partial charge in [-0.1, -0.05) is 18.2 Å². The van der Waals surface area contributed by atoms with Gasteiger partial charge >= 0.3 is 6.03 Å². The summed E-state index contributed by atoms with van der Waals surface area (Å²) in [5, 5.41) is 5.63. The van der Waals surface area contributed by atoms with Crippen molar-refractivity contribution in [3.63, 3.8) is 0 Å². The summed E-state index contributed by atoms with van der Waals surface area (Å²) in [7, 11) is 0. The van der Waals surface area contributed by atoms with Crippen molar-refractivity contribution in [2.45, 2.75) is 4.90 Å². The Morgan fingerprint density at radius 2 is 1.83 bits per heavy atom. The van der Waals surface area contributed by atoms with Crippen molar-refractivity contribution in [1.29, 1.82) is 0 Å². The summed E-state index contributed by atoms with van der Waals surface area (Å²) in [6.45, 7) is 1.68. The van der Waals surface area contributed by atoms with E-state index >= 15 is 0 Å². The summed E-state index contributed by atoms with van der Waals surface area (Å²) in [5.41, 5.74) is 0.683. The Kier molecular flexibility index (Phi) is 5.26. The van der Waals surface area contributed by atoms with Gasteiger partial charge < -0.3 is 20.1 Å². The fourth-order valence-corrected chi connectivity index (χ4v) is 2.94. The topological polar surface area (TPSA) is 59.6 Å². The van der Waals surface area contributed by atoms with E-state index in [0.29, 0.717) is 36.9 Å². The minimum absolute atomic E-state index is 0.227. The number of carbonyl (C=O) groups is 1. The third-order valence-electron chi connectivity index (χ3n) is 3.20. The number of hydrogen-bond acceptors (Lipinski definition) is 4. The molecule has 3 rings (SSSR count). The van der Waals surface area contributed by atoms with Gasteiger partial charge in [-0.15, -0.1) is 11.8 Å². The van der Waals surface area contributed by atoms with Gasteiger partial charge in [0.25, 0.3) is 0 Å². The summed E-state index contributed by atoms with van der Waals surface area (Å²) in [6.07, 6.45) is 0. The number of hydrogen-bond donors (Lipinski definition) is 2. The maximum Gasteiger partial charge on any atom is 0.319 e. The second-order valence-electron chi connectivity index (χ2n) is 4.90. The molecule has 1 aliphatic heterocycles. The zero-order chi connectivity index (χ0) is 15.9. The normalized spacial score (nSPS) is 12.5. The maximum atomic E-state index is 11.9. The number of rotatable bonds is 5. The lowest BCUT2D eigenvalue weighted by Gasteiger charge is -2.19. The molecule has 2 aromatic carbocycles. The third kappa shape index (κ3) is 4.56. The van der Waals surface area contributed by atoms with Crippen LogP contribution in [0.4, 0.5) is 10.5 Å². The lowest BCUT2D eigenvalue weighted by Crippen LogP contribution is -2.30. The molecule has 0 saturated heterocycles. The molecule has 0 bridgehead atoms. The van der Waals surface area contributed by atoms with Crippen LogP contribution in [0.3, 0.4) is 0 Å². The molecule has 0 spiro atoms. The molecule has 2 N–H and O–H groups in total. The molecule has 23 heavy (non-hydrogen) atoms. The Labute approximate surface area is 139 Å². The molecule has 120 valence electrons.